The molecule has 0 aliphatic carbocycles. The molecule has 5 N–H and O–H groups in total. The molecule has 1 fully saturated rings. The van der Waals surface area contributed by atoms with Crippen molar-refractivity contribution in [2.24, 2.45) is 17.4 Å². The number of aromatic nitrogens is 2. The molecule has 0 atom stereocenters. The molecular formula is C23H25Cl2N5O3. The number of nitrogens with two attached hydrogens (primary N) is 2. The molecule has 0 spiro atoms. The van der Waals surface area contributed by atoms with Gasteiger partial charge in [0, 0.05) is 64.0 Å². The number of carbonyl (C=O) groups is 2. The van der Waals surface area contributed by atoms with E-state index in [1.807, 2.05) is 6.92 Å². The zero-order valence-corrected chi connectivity index (χ0v) is 19.7. The Bertz CT molecular complexity index is 1250. The maximum Gasteiger partial charge on any atom is 0.242 e. The van der Waals surface area contributed by atoms with E-state index in [0.29, 0.717) is 58.1 Å². The molecule has 0 saturated carbocycles. The molecule has 174 valence electrons. The van der Waals surface area contributed by atoms with Crippen molar-refractivity contribution in [3.63, 3.8) is 0 Å². The Morgan fingerprint density at radius 2 is 1.94 bits per heavy atom. The van der Waals surface area contributed by atoms with Gasteiger partial charge in [0.05, 0.1) is 0 Å². The molecule has 3 heterocycles. The molecule has 1 aliphatic heterocycles. The van der Waals surface area contributed by atoms with Crippen molar-refractivity contribution in [2.45, 2.75) is 32.9 Å². The second-order valence-electron chi connectivity index (χ2n) is 8.28. The zero-order valence-electron chi connectivity index (χ0n) is 18.1. The SMILES string of the molecule is Cc1nc2c(O)n(CC(=O)N3CCC(C(N)=O)CC3)cc2c(-c2ccc(Cl)cc2Cl)c1CN. The number of pyridine rings is 1. The second kappa shape index (κ2) is 9.21. The molecule has 1 aromatic carbocycles. The number of halogens is 2. The van der Waals surface area contributed by atoms with Crippen LogP contribution in [0, 0.1) is 12.8 Å². The second-order valence-corrected chi connectivity index (χ2v) is 9.12. The van der Waals surface area contributed by atoms with Gasteiger partial charge in [-0.25, -0.2) is 4.98 Å². The van der Waals surface area contributed by atoms with Crippen molar-refractivity contribution in [2.75, 3.05) is 13.1 Å². The van der Waals surface area contributed by atoms with Gasteiger partial charge in [0.1, 0.15) is 12.1 Å². The third-order valence-corrected chi connectivity index (χ3v) is 6.82. The van der Waals surface area contributed by atoms with Gasteiger partial charge in [-0.3, -0.25) is 9.59 Å². The van der Waals surface area contributed by atoms with Crippen LogP contribution in [0.1, 0.15) is 24.1 Å². The van der Waals surface area contributed by atoms with E-state index in [2.05, 4.69) is 4.98 Å². The number of nitrogens with zero attached hydrogens (tertiary/aromatic N) is 3. The lowest BCUT2D eigenvalue weighted by Gasteiger charge is -2.30. The minimum absolute atomic E-state index is 0.0613. The Kier molecular flexibility index (Phi) is 6.52. The number of benzene rings is 1. The summed E-state index contributed by atoms with van der Waals surface area (Å²) in [6, 6.07) is 5.19. The number of fused-ring (bicyclic) bond motifs is 1. The quantitative estimate of drug-likeness (QED) is 0.506. The Hall–Kier alpha value is -2.81. The average molecular weight is 490 g/mol. The fourth-order valence-electron chi connectivity index (χ4n) is 4.44. The van der Waals surface area contributed by atoms with E-state index < -0.39 is 0 Å². The van der Waals surface area contributed by atoms with Crippen LogP contribution in [0.2, 0.25) is 10.0 Å². The van der Waals surface area contributed by atoms with Crippen LogP contribution < -0.4 is 11.5 Å². The van der Waals surface area contributed by atoms with E-state index in [4.69, 9.17) is 34.7 Å². The molecule has 4 rings (SSSR count). The van der Waals surface area contributed by atoms with Crippen molar-refractivity contribution in [3.8, 4) is 17.0 Å². The van der Waals surface area contributed by atoms with Gasteiger partial charge in [0.15, 0.2) is 0 Å². The maximum atomic E-state index is 12.9. The highest BCUT2D eigenvalue weighted by Gasteiger charge is 2.27. The summed E-state index contributed by atoms with van der Waals surface area (Å²) in [5, 5.41) is 12.5. The highest BCUT2D eigenvalue weighted by atomic mass is 35.5. The summed E-state index contributed by atoms with van der Waals surface area (Å²) < 4.78 is 1.48. The summed E-state index contributed by atoms with van der Waals surface area (Å²) in [6.45, 7) is 2.89. The smallest absolute Gasteiger partial charge is 0.242 e. The number of likely N-dealkylation sites (tertiary alicyclic amines) is 1. The highest BCUT2D eigenvalue weighted by Crippen LogP contribution is 2.41. The van der Waals surface area contributed by atoms with Gasteiger partial charge in [-0.2, -0.15) is 0 Å². The van der Waals surface area contributed by atoms with Gasteiger partial charge in [-0.15, -0.1) is 0 Å². The average Bonchev–Trinajstić information content (AvgIpc) is 3.08. The first-order valence-corrected chi connectivity index (χ1v) is 11.4. The number of amides is 2. The normalized spacial score (nSPS) is 14.7. The van der Waals surface area contributed by atoms with Crippen molar-refractivity contribution < 1.29 is 14.7 Å². The first-order chi connectivity index (χ1) is 15.7. The Morgan fingerprint density at radius 1 is 1.24 bits per heavy atom. The third-order valence-electron chi connectivity index (χ3n) is 6.27. The number of piperidine rings is 1. The summed E-state index contributed by atoms with van der Waals surface area (Å²) in [5.41, 5.74) is 14.7. The molecular weight excluding hydrogens is 465 g/mol. The van der Waals surface area contributed by atoms with E-state index in [1.54, 1.807) is 29.3 Å². The molecule has 0 unspecified atom stereocenters. The topological polar surface area (TPSA) is 127 Å². The number of aryl methyl sites for hydroxylation is 1. The van der Waals surface area contributed by atoms with Crippen LogP contribution in [0.4, 0.5) is 0 Å². The van der Waals surface area contributed by atoms with Crippen molar-refractivity contribution >= 4 is 45.9 Å². The fraction of sp³-hybridized carbons (Fsp3) is 0.348. The zero-order chi connectivity index (χ0) is 23.9. The lowest BCUT2D eigenvalue weighted by atomic mass is 9.96. The standard InChI is InChI=1S/C23H25Cl2N5O3/c1-12-16(9-26)20(15-3-2-14(24)8-18(15)25)17-10-30(23(33)21(17)28-12)11-19(31)29-6-4-13(5-7-29)22(27)32/h2-3,8,10,13,33H,4-7,9,11,26H2,1H3,(H2,27,32). The molecule has 10 heteroatoms. The molecule has 1 saturated heterocycles. The molecule has 2 amide bonds. The van der Waals surface area contributed by atoms with Crippen LogP contribution in [0.15, 0.2) is 24.4 Å². The van der Waals surface area contributed by atoms with Gasteiger partial charge in [-0.05, 0) is 37.5 Å². The lowest BCUT2D eigenvalue weighted by molar-refractivity contribution is -0.135. The first-order valence-electron chi connectivity index (χ1n) is 10.6. The monoisotopic (exact) mass is 489 g/mol. The molecule has 3 aromatic rings. The number of carbonyl (C=O) groups excluding carboxylic acids is 2. The van der Waals surface area contributed by atoms with Gasteiger partial charge in [0.25, 0.3) is 0 Å². The molecule has 8 nitrogen and oxygen atoms in total. The summed E-state index contributed by atoms with van der Waals surface area (Å²) in [7, 11) is 0. The number of primary amides is 1. The maximum absolute atomic E-state index is 12.9. The van der Waals surface area contributed by atoms with E-state index in [9.17, 15) is 14.7 Å². The summed E-state index contributed by atoms with van der Waals surface area (Å²) in [6.07, 6.45) is 2.78. The van der Waals surface area contributed by atoms with Crippen LogP contribution in [-0.2, 0) is 22.7 Å². The molecule has 33 heavy (non-hydrogen) atoms. The predicted octanol–water partition coefficient (Wildman–Crippen LogP) is 3.21. The van der Waals surface area contributed by atoms with Gasteiger partial charge in [-0.1, -0.05) is 29.3 Å². The number of rotatable bonds is 5. The van der Waals surface area contributed by atoms with Gasteiger partial charge >= 0.3 is 0 Å². The number of aromatic hydroxyl groups is 1. The Morgan fingerprint density at radius 3 is 2.55 bits per heavy atom. The van der Waals surface area contributed by atoms with Crippen LogP contribution in [0.5, 0.6) is 5.88 Å². The third kappa shape index (κ3) is 4.38. The minimum Gasteiger partial charge on any atom is -0.493 e. The van der Waals surface area contributed by atoms with E-state index in [-0.39, 0.29) is 36.7 Å². The molecule has 0 bridgehead atoms. The molecule has 1 aliphatic rings. The van der Waals surface area contributed by atoms with Gasteiger partial charge in [0.2, 0.25) is 17.7 Å². The van der Waals surface area contributed by atoms with E-state index >= 15 is 0 Å². The van der Waals surface area contributed by atoms with Crippen LogP contribution in [0.3, 0.4) is 0 Å². The summed E-state index contributed by atoms with van der Waals surface area (Å²) in [5.74, 6) is -0.800. The van der Waals surface area contributed by atoms with Crippen molar-refractivity contribution in [3.05, 3.63) is 45.7 Å². The first kappa shape index (κ1) is 23.4. The molecule has 0 radical (unpaired) electrons. The fourth-order valence-corrected chi connectivity index (χ4v) is 4.94. The molecule has 2 aromatic heterocycles. The predicted molar refractivity (Wildman–Crippen MR) is 128 cm³/mol. The van der Waals surface area contributed by atoms with Crippen molar-refractivity contribution in [1.29, 1.82) is 0 Å². The minimum atomic E-state index is -0.332. The number of hydrogen-bond donors (Lipinski definition) is 3. The Balaban J connectivity index is 1.73. The van der Waals surface area contributed by atoms with Crippen molar-refractivity contribution in [1.82, 2.24) is 14.5 Å². The van der Waals surface area contributed by atoms with Gasteiger partial charge < -0.3 is 26.0 Å². The summed E-state index contributed by atoms with van der Waals surface area (Å²) in [4.78, 5) is 30.5. The van der Waals surface area contributed by atoms with Crippen LogP contribution >= 0.6 is 23.2 Å². The Labute approximate surface area is 201 Å². The largest absolute Gasteiger partial charge is 0.493 e. The summed E-state index contributed by atoms with van der Waals surface area (Å²) >= 11 is 12.6. The number of hydrogen-bond acceptors (Lipinski definition) is 5. The lowest BCUT2D eigenvalue weighted by Crippen LogP contribution is -2.42. The van der Waals surface area contributed by atoms with Crippen LogP contribution in [0.25, 0.3) is 22.0 Å². The highest BCUT2D eigenvalue weighted by molar-refractivity contribution is 6.36. The van der Waals surface area contributed by atoms with Crippen LogP contribution in [-0.4, -0.2) is 44.5 Å². The van der Waals surface area contributed by atoms with E-state index in [0.717, 1.165) is 11.1 Å². The van der Waals surface area contributed by atoms with E-state index in [1.165, 1.54) is 4.57 Å².